The molecule has 2 nitrogen and oxygen atoms in total. The molecular weight excluding hydrogens is 174 g/mol. The molecule has 1 atom stereocenters. The third kappa shape index (κ3) is 7.34. The zero-order valence-electron chi connectivity index (χ0n) is 10.5. The lowest BCUT2D eigenvalue weighted by Crippen LogP contribution is -2.30. The van der Waals surface area contributed by atoms with Crippen LogP contribution < -0.4 is 5.32 Å². The SMILES string of the molecule is CCC(C)CNCCOC(C)(C)CC. The Bertz CT molecular complexity index is 134. The Labute approximate surface area is 89.4 Å². The monoisotopic (exact) mass is 201 g/mol. The van der Waals surface area contributed by atoms with Gasteiger partial charge >= 0.3 is 0 Å². The zero-order chi connectivity index (χ0) is 11.0. The summed E-state index contributed by atoms with van der Waals surface area (Å²) >= 11 is 0. The molecule has 0 aromatic heterocycles. The number of hydrogen-bond acceptors (Lipinski definition) is 2. The normalized spacial score (nSPS) is 14.4. The molecule has 1 N–H and O–H groups in total. The first kappa shape index (κ1) is 13.9. The first-order chi connectivity index (χ1) is 6.52. The average molecular weight is 201 g/mol. The van der Waals surface area contributed by atoms with Crippen LogP contribution in [0.5, 0.6) is 0 Å². The molecule has 0 aliphatic carbocycles. The van der Waals surface area contributed by atoms with Gasteiger partial charge < -0.3 is 10.1 Å². The van der Waals surface area contributed by atoms with Crippen molar-refractivity contribution in [3.05, 3.63) is 0 Å². The summed E-state index contributed by atoms with van der Waals surface area (Å²) < 4.78 is 5.73. The van der Waals surface area contributed by atoms with Crippen LogP contribution in [0.15, 0.2) is 0 Å². The van der Waals surface area contributed by atoms with Gasteiger partial charge in [0.15, 0.2) is 0 Å². The van der Waals surface area contributed by atoms with Crippen LogP contribution in [0.1, 0.15) is 47.5 Å². The highest BCUT2D eigenvalue weighted by molar-refractivity contribution is 4.65. The molecule has 0 aromatic rings. The van der Waals surface area contributed by atoms with Crippen molar-refractivity contribution in [2.75, 3.05) is 19.7 Å². The summed E-state index contributed by atoms with van der Waals surface area (Å²) in [5, 5.41) is 3.41. The van der Waals surface area contributed by atoms with E-state index >= 15 is 0 Å². The minimum atomic E-state index is 0.0397. The summed E-state index contributed by atoms with van der Waals surface area (Å²) in [6.07, 6.45) is 2.31. The van der Waals surface area contributed by atoms with Crippen LogP contribution in [0, 0.1) is 5.92 Å². The van der Waals surface area contributed by atoms with Crippen molar-refractivity contribution in [2.24, 2.45) is 5.92 Å². The Morgan fingerprint density at radius 2 is 1.93 bits per heavy atom. The van der Waals surface area contributed by atoms with Crippen molar-refractivity contribution in [3.63, 3.8) is 0 Å². The standard InChI is InChI=1S/C12H27NO/c1-6-11(3)10-13-8-9-14-12(4,5)7-2/h11,13H,6-10H2,1-5H3. The quantitative estimate of drug-likeness (QED) is 0.610. The van der Waals surface area contributed by atoms with E-state index in [2.05, 4.69) is 39.9 Å². The molecule has 0 aliphatic heterocycles. The number of rotatable bonds is 8. The van der Waals surface area contributed by atoms with Gasteiger partial charge in [-0.1, -0.05) is 27.2 Å². The lowest BCUT2D eigenvalue weighted by Gasteiger charge is -2.23. The second kappa shape index (κ2) is 7.24. The van der Waals surface area contributed by atoms with Crippen molar-refractivity contribution in [2.45, 2.75) is 53.1 Å². The first-order valence-corrected chi connectivity index (χ1v) is 5.86. The molecule has 0 spiro atoms. The van der Waals surface area contributed by atoms with Crippen LogP contribution in [-0.4, -0.2) is 25.3 Å². The molecule has 2 heteroatoms. The predicted molar refractivity (Wildman–Crippen MR) is 62.6 cm³/mol. The van der Waals surface area contributed by atoms with Gasteiger partial charge in [-0.25, -0.2) is 0 Å². The van der Waals surface area contributed by atoms with E-state index in [4.69, 9.17) is 4.74 Å². The topological polar surface area (TPSA) is 21.3 Å². The summed E-state index contributed by atoms with van der Waals surface area (Å²) in [6.45, 7) is 13.8. The van der Waals surface area contributed by atoms with Crippen molar-refractivity contribution in [1.82, 2.24) is 5.32 Å². The van der Waals surface area contributed by atoms with Crippen LogP contribution >= 0.6 is 0 Å². The Morgan fingerprint density at radius 3 is 2.43 bits per heavy atom. The second-order valence-electron chi connectivity index (χ2n) is 4.68. The molecule has 0 radical (unpaired) electrons. The van der Waals surface area contributed by atoms with Gasteiger partial charge in [0.25, 0.3) is 0 Å². The molecule has 0 bridgehead atoms. The molecule has 0 rings (SSSR count). The van der Waals surface area contributed by atoms with E-state index in [1.807, 2.05) is 0 Å². The number of nitrogens with one attached hydrogen (secondary N) is 1. The molecule has 0 amide bonds. The highest BCUT2D eigenvalue weighted by atomic mass is 16.5. The van der Waals surface area contributed by atoms with Crippen molar-refractivity contribution < 1.29 is 4.74 Å². The molecule has 14 heavy (non-hydrogen) atoms. The summed E-state index contributed by atoms with van der Waals surface area (Å²) in [5.74, 6) is 0.772. The molecule has 86 valence electrons. The van der Waals surface area contributed by atoms with Crippen LogP contribution in [0.3, 0.4) is 0 Å². The molecule has 1 unspecified atom stereocenters. The Balaban J connectivity index is 3.30. The highest BCUT2D eigenvalue weighted by Crippen LogP contribution is 2.12. The van der Waals surface area contributed by atoms with E-state index in [1.165, 1.54) is 6.42 Å². The van der Waals surface area contributed by atoms with Crippen LogP contribution in [-0.2, 0) is 4.74 Å². The van der Waals surface area contributed by atoms with Gasteiger partial charge in [-0.15, -0.1) is 0 Å². The van der Waals surface area contributed by atoms with Gasteiger partial charge in [0, 0.05) is 6.54 Å². The van der Waals surface area contributed by atoms with Crippen LogP contribution in [0.4, 0.5) is 0 Å². The maximum Gasteiger partial charge on any atom is 0.0624 e. The third-order valence-electron chi connectivity index (χ3n) is 2.81. The smallest absolute Gasteiger partial charge is 0.0624 e. The molecule has 0 saturated heterocycles. The number of hydrogen-bond donors (Lipinski definition) is 1. The van der Waals surface area contributed by atoms with Gasteiger partial charge in [-0.3, -0.25) is 0 Å². The lowest BCUT2D eigenvalue weighted by atomic mass is 10.1. The highest BCUT2D eigenvalue weighted by Gasteiger charge is 2.14. The van der Waals surface area contributed by atoms with Gasteiger partial charge in [-0.05, 0) is 32.7 Å². The van der Waals surface area contributed by atoms with Crippen LogP contribution in [0.2, 0.25) is 0 Å². The maximum absolute atomic E-state index is 5.73. The Morgan fingerprint density at radius 1 is 1.29 bits per heavy atom. The summed E-state index contributed by atoms with van der Waals surface area (Å²) in [4.78, 5) is 0. The van der Waals surface area contributed by atoms with Gasteiger partial charge in [0.05, 0.1) is 12.2 Å². The summed E-state index contributed by atoms with van der Waals surface area (Å²) in [7, 11) is 0. The summed E-state index contributed by atoms with van der Waals surface area (Å²) in [6, 6.07) is 0. The van der Waals surface area contributed by atoms with Gasteiger partial charge in [0.2, 0.25) is 0 Å². The molecule has 0 aliphatic rings. The second-order valence-corrected chi connectivity index (χ2v) is 4.68. The minimum Gasteiger partial charge on any atom is -0.374 e. The maximum atomic E-state index is 5.73. The van der Waals surface area contributed by atoms with Crippen molar-refractivity contribution in [3.8, 4) is 0 Å². The number of ether oxygens (including phenoxy) is 1. The predicted octanol–water partition coefficient (Wildman–Crippen LogP) is 2.83. The van der Waals surface area contributed by atoms with E-state index in [0.717, 1.165) is 32.0 Å². The van der Waals surface area contributed by atoms with Crippen LogP contribution in [0.25, 0.3) is 0 Å². The fraction of sp³-hybridized carbons (Fsp3) is 1.00. The lowest BCUT2D eigenvalue weighted by molar-refractivity contribution is -0.0181. The third-order valence-corrected chi connectivity index (χ3v) is 2.81. The first-order valence-electron chi connectivity index (χ1n) is 5.86. The molecule has 0 saturated carbocycles. The summed E-state index contributed by atoms with van der Waals surface area (Å²) in [5.41, 5.74) is 0.0397. The minimum absolute atomic E-state index is 0.0397. The largest absolute Gasteiger partial charge is 0.374 e. The Hall–Kier alpha value is -0.0800. The van der Waals surface area contributed by atoms with E-state index in [0.29, 0.717) is 0 Å². The van der Waals surface area contributed by atoms with E-state index in [-0.39, 0.29) is 5.60 Å². The molecule has 0 aromatic carbocycles. The van der Waals surface area contributed by atoms with Crippen molar-refractivity contribution >= 4 is 0 Å². The molecular formula is C12H27NO. The molecule has 0 fully saturated rings. The van der Waals surface area contributed by atoms with Gasteiger partial charge in [-0.2, -0.15) is 0 Å². The van der Waals surface area contributed by atoms with E-state index in [9.17, 15) is 0 Å². The fourth-order valence-corrected chi connectivity index (χ4v) is 0.994. The zero-order valence-corrected chi connectivity index (χ0v) is 10.5. The van der Waals surface area contributed by atoms with E-state index in [1.54, 1.807) is 0 Å². The average Bonchev–Trinajstić information content (AvgIpc) is 2.17. The van der Waals surface area contributed by atoms with Crippen molar-refractivity contribution in [1.29, 1.82) is 0 Å². The van der Waals surface area contributed by atoms with E-state index < -0.39 is 0 Å². The Kier molecular flexibility index (Phi) is 7.20. The van der Waals surface area contributed by atoms with Gasteiger partial charge in [0.1, 0.15) is 0 Å². The molecule has 0 heterocycles. The fourth-order valence-electron chi connectivity index (χ4n) is 0.994.